The van der Waals surface area contributed by atoms with Crippen LogP contribution in [0.15, 0.2) is 0 Å². The van der Waals surface area contributed by atoms with Gasteiger partial charge in [0.2, 0.25) is 0 Å². The van der Waals surface area contributed by atoms with E-state index in [1.165, 1.54) is 0 Å². The average Bonchev–Trinajstić information content (AvgIpc) is 2.69. The molecule has 0 saturated heterocycles. The molecule has 1 aromatic heterocycles. The predicted octanol–water partition coefficient (Wildman–Crippen LogP) is 1.46. The van der Waals surface area contributed by atoms with Crippen LogP contribution in [0.1, 0.15) is 29.8 Å². The van der Waals surface area contributed by atoms with Gasteiger partial charge in [0, 0.05) is 31.5 Å². The van der Waals surface area contributed by atoms with Crippen molar-refractivity contribution in [3.05, 3.63) is 17.0 Å². The van der Waals surface area contributed by atoms with Crippen LogP contribution in [0.3, 0.4) is 0 Å². The molecular formula is C13H18F3N3O. The Hall–Kier alpha value is -1.08. The third kappa shape index (κ3) is 2.13. The van der Waals surface area contributed by atoms with Crippen molar-refractivity contribution >= 4 is 0 Å². The van der Waals surface area contributed by atoms with Crippen LogP contribution in [0, 0.1) is 0 Å². The van der Waals surface area contributed by atoms with Crippen molar-refractivity contribution in [1.82, 2.24) is 14.7 Å². The summed E-state index contributed by atoms with van der Waals surface area (Å²) in [4.78, 5) is 1.96. The van der Waals surface area contributed by atoms with E-state index in [-0.39, 0.29) is 18.7 Å². The fraction of sp³-hybridized carbons (Fsp3) is 0.769. The van der Waals surface area contributed by atoms with Gasteiger partial charge < -0.3 is 10.0 Å². The lowest BCUT2D eigenvalue weighted by molar-refractivity contribution is -0.0324. The molecule has 4 nitrogen and oxygen atoms in total. The van der Waals surface area contributed by atoms with E-state index < -0.39 is 24.6 Å². The molecule has 1 N–H and O–H groups in total. The summed E-state index contributed by atoms with van der Waals surface area (Å²) in [5.41, 5.74) is -1.01. The first-order chi connectivity index (χ1) is 9.35. The lowest BCUT2D eigenvalue weighted by Crippen LogP contribution is -2.33. The van der Waals surface area contributed by atoms with Crippen LogP contribution in [-0.4, -0.2) is 45.7 Å². The predicted molar refractivity (Wildman–Crippen MR) is 66.3 cm³/mol. The number of nitrogens with zero attached hydrogens (tertiary/aromatic N) is 3. The molecule has 20 heavy (non-hydrogen) atoms. The highest BCUT2D eigenvalue weighted by Crippen LogP contribution is 2.43. The van der Waals surface area contributed by atoms with Gasteiger partial charge in [-0.25, -0.2) is 4.39 Å². The molecule has 0 unspecified atom stereocenters. The largest absolute Gasteiger partial charge is 0.393 e. The highest BCUT2D eigenvalue weighted by atomic mass is 19.3. The average molecular weight is 289 g/mol. The Bertz CT molecular complexity index is 531. The fourth-order valence-electron chi connectivity index (χ4n) is 3.06. The second-order valence-corrected chi connectivity index (χ2v) is 5.93. The van der Waals surface area contributed by atoms with Crippen LogP contribution in [0.25, 0.3) is 0 Å². The maximum atomic E-state index is 14.4. The van der Waals surface area contributed by atoms with Gasteiger partial charge in [-0.1, -0.05) is 0 Å². The second kappa shape index (κ2) is 4.46. The van der Waals surface area contributed by atoms with E-state index in [0.29, 0.717) is 24.2 Å². The summed E-state index contributed by atoms with van der Waals surface area (Å²) in [6, 6.07) is 0. The molecule has 3 heterocycles. The second-order valence-electron chi connectivity index (χ2n) is 5.93. The highest BCUT2D eigenvalue weighted by Gasteiger charge is 2.47. The Morgan fingerprint density at radius 3 is 2.75 bits per heavy atom. The van der Waals surface area contributed by atoms with Crippen LogP contribution in [0.5, 0.6) is 0 Å². The Balaban J connectivity index is 2.10. The third-order valence-electron chi connectivity index (χ3n) is 4.24. The van der Waals surface area contributed by atoms with Gasteiger partial charge in [0.15, 0.2) is 5.67 Å². The molecule has 2 aliphatic heterocycles. The topological polar surface area (TPSA) is 41.3 Å². The van der Waals surface area contributed by atoms with Gasteiger partial charge in [0.1, 0.15) is 5.69 Å². The molecule has 0 amide bonds. The highest BCUT2D eigenvalue weighted by molar-refractivity contribution is 5.32. The zero-order valence-corrected chi connectivity index (χ0v) is 11.4. The zero-order chi connectivity index (χ0) is 14.5. The molecule has 0 spiro atoms. The van der Waals surface area contributed by atoms with Gasteiger partial charge in [0.25, 0.3) is 5.92 Å². The number of aliphatic hydroxyl groups is 1. The van der Waals surface area contributed by atoms with E-state index in [9.17, 15) is 13.2 Å². The molecule has 0 saturated carbocycles. The van der Waals surface area contributed by atoms with Crippen molar-refractivity contribution < 1.29 is 18.3 Å². The van der Waals surface area contributed by atoms with Crippen molar-refractivity contribution in [1.29, 1.82) is 0 Å². The number of halogens is 3. The summed E-state index contributed by atoms with van der Waals surface area (Å²) >= 11 is 0. The number of fused-ring (bicyclic) bond motifs is 3. The number of hydrogen-bond acceptors (Lipinski definition) is 3. The third-order valence-corrected chi connectivity index (χ3v) is 4.24. The molecule has 0 radical (unpaired) electrons. The standard InChI is InChI=1S/C13H18F3N3O/c1-18-5-2-10-9(6-18)11-13(15,16)4-3-12(14,8-20)7-19(11)17-10/h20H,2-8H2,1H3/t12-/m0/s1. The quantitative estimate of drug-likeness (QED) is 0.851. The number of likely N-dealkylation sites (N-methyl/N-ethyl adjacent to an activating group) is 1. The lowest BCUT2D eigenvalue weighted by atomic mass is 9.97. The van der Waals surface area contributed by atoms with Gasteiger partial charge in [-0.3, -0.25) is 4.68 Å². The molecular weight excluding hydrogens is 271 g/mol. The Morgan fingerprint density at radius 1 is 1.30 bits per heavy atom. The Labute approximate surface area is 115 Å². The molecule has 1 aromatic rings. The fourth-order valence-corrected chi connectivity index (χ4v) is 3.06. The minimum atomic E-state index is -3.10. The van der Waals surface area contributed by atoms with Crippen LogP contribution in [0.4, 0.5) is 13.2 Å². The van der Waals surface area contributed by atoms with E-state index in [1.54, 1.807) is 0 Å². The van der Waals surface area contributed by atoms with E-state index >= 15 is 0 Å². The number of aromatic nitrogens is 2. The van der Waals surface area contributed by atoms with Crippen molar-refractivity contribution in [2.75, 3.05) is 20.2 Å². The molecule has 1 atom stereocenters. The van der Waals surface area contributed by atoms with Crippen molar-refractivity contribution in [3.63, 3.8) is 0 Å². The number of hydrogen-bond donors (Lipinski definition) is 1. The molecule has 0 bridgehead atoms. The van der Waals surface area contributed by atoms with Gasteiger partial charge >= 0.3 is 0 Å². The zero-order valence-electron chi connectivity index (χ0n) is 11.4. The first-order valence-electron chi connectivity index (χ1n) is 6.80. The first kappa shape index (κ1) is 13.9. The summed E-state index contributed by atoms with van der Waals surface area (Å²) in [5.74, 6) is -3.10. The van der Waals surface area contributed by atoms with Crippen molar-refractivity contribution in [2.45, 2.75) is 43.9 Å². The van der Waals surface area contributed by atoms with E-state index in [2.05, 4.69) is 5.10 Å². The van der Waals surface area contributed by atoms with Crippen molar-refractivity contribution in [2.24, 2.45) is 0 Å². The van der Waals surface area contributed by atoms with E-state index in [4.69, 9.17) is 5.11 Å². The van der Waals surface area contributed by atoms with Crippen LogP contribution < -0.4 is 0 Å². The lowest BCUT2D eigenvalue weighted by Gasteiger charge is -2.24. The molecule has 3 rings (SSSR count). The van der Waals surface area contributed by atoms with Gasteiger partial charge in [0.05, 0.1) is 18.8 Å². The van der Waals surface area contributed by atoms with Crippen LogP contribution in [0.2, 0.25) is 0 Å². The minimum Gasteiger partial charge on any atom is -0.393 e. The maximum absolute atomic E-state index is 14.4. The van der Waals surface area contributed by atoms with Crippen LogP contribution in [-0.2, 0) is 25.4 Å². The smallest absolute Gasteiger partial charge is 0.289 e. The Morgan fingerprint density at radius 2 is 2.05 bits per heavy atom. The summed E-state index contributed by atoms with van der Waals surface area (Å²) in [5, 5.41) is 13.3. The normalized spacial score (nSPS) is 29.6. The summed E-state index contributed by atoms with van der Waals surface area (Å²) in [6.07, 6.45) is -0.350. The van der Waals surface area contributed by atoms with Gasteiger partial charge in [-0.15, -0.1) is 0 Å². The number of aliphatic hydroxyl groups excluding tert-OH is 1. The molecule has 0 fully saturated rings. The SMILES string of the molecule is CN1CCc2nn3c(c2C1)C(F)(F)CC[C@@](F)(CO)C3. The summed E-state index contributed by atoms with van der Waals surface area (Å²) in [6.45, 7) is 0.118. The molecule has 112 valence electrons. The van der Waals surface area contributed by atoms with Gasteiger partial charge in [-0.05, 0) is 13.5 Å². The van der Waals surface area contributed by atoms with Crippen molar-refractivity contribution in [3.8, 4) is 0 Å². The number of rotatable bonds is 1. The van der Waals surface area contributed by atoms with E-state index in [1.807, 2.05) is 11.9 Å². The summed E-state index contributed by atoms with van der Waals surface area (Å²) in [7, 11) is 1.87. The monoisotopic (exact) mass is 289 g/mol. The Kier molecular flexibility index (Phi) is 3.10. The van der Waals surface area contributed by atoms with E-state index in [0.717, 1.165) is 11.2 Å². The number of alkyl halides is 3. The van der Waals surface area contributed by atoms with Gasteiger partial charge in [-0.2, -0.15) is 13.9 Å². The maximum Gasteiger partial charge on any atom is 0.289 e. The van der Waals surface area contributed by atoms with Crippen LogP contribution >= 0.6 is 0 Å². The molecule has 0 aliphatic carbocycles. The molecule has 7 heteroatoms. The molecule has 0 aromatic carbocycles. The molecule has 2 aliphatic rings. The summed E-state index contributed by atoms with van der Waals surface area (Å²) < 4.78 is 44.2. The minimum absolute atomic E-state index is 0.160. The first-order valence-corrected chi connectivity index (χ1v) is 6.80.